The molecule has 0 unspecified atom stereocenters. The summed E-state index contributed by atoms with van der Waals surface area (Å²) in [5, 5.41) is 5.83. The lowest BCUT2D eigenvalue weighted by atomic mass is 9.91. The molecule has 2 aromatic heterocycles. The first-order chi connectivity index (χ1) is 29.2. The molecule has 1 aliphatic rings. The second-order valence-electron chi connectivity index (χ2n) is 15.1. The zero-order valence-electron chi connectivity index (χ0n) is 32.5. The largest absolute Gasteiger partial charge is 0.494 e. The van der Waals surface area contributed by atoms with E-state index in [2.05, 4.69) is 193 Å². The van der Waals surface area contributed by atoms with E-state index >= 15 is 0 Å². The molecule has 0 bridgehead atoms. The standard InChI is InChI=1S/C54H38N4O/c1-59-51-45(23-13-25-50(51)58-48-24-12-11-21-44(48)47-34-40(30-31-49(47)58)35-14-3-2-4-15-35)43-20-9-10-22-46(43)54-56-52(41-28-26-36-16-5-7-18-38(36)32-41)55-53(57-54)42-29-27-37-17-6-8-19-39(37)33-42/h2-29,32-34H,30-31H2,1H3. The minimum absolute atomic E-state index is 0.594. The van der Waals surface area contributed by atoms with Crippen LogP contribution in [0.1, 0.15) is 23.2 Å². The van der Waals surface area contributed by atoms with Crippen LogP contribution in [0.2, 0.25) is 0 Å². The van der Waals surface area contributed by atoms with E-state index in [1.807, 2.05) is 0 Å². The molecule has 280 valence electrons. The SMILES string of the molecule is COc1c(-c2ccccc2-c2nc(-c3ccc4ccccc4c3)nc(-c3ccc4ccccc4c3)n2)cccc1-n1c2c(c3ccccc31)C=C(c1ccccc1)CC2. The van der Waals surface area contributed by atoms with E-state index in [1.165, 1.54) is 38.6 Å². The second-order valence-corrected chi connectivity index (χ2v) is 15.1. The Kier molecular flexibility index (Phi) is 8.44. The molecule has 5 nitrogen and oxygen atoms in total. The van der Waals surface area contributed by atoms with Crippen molar-refractivity contribution in [2.75, 3.05) is 7.11 Å². The molecule has 0 fully saturated rings. The maximum Gasteiger partial charge on any atom is 0.164 e. The van der Waals surface area contributed by atoms with Gasteiger partial charge < -0.3 is 9.30 Å². The summed E-state index contributed by atoms with van der Waals surface area (Å²) in [6.07, 6.45) is 4.25. The van der Waals surface area contributed by atoms with Gasteiger partial charge in [-0.15, -0.1) is 0 Å². The molecule has 10 aromatic rings. The number of aromatic nitrogens is 4. The van der Waals surface area contributed by atoms with E-state index in [-0.39, 0.29) is 0 Å². The lowest BCUT2D eigenvalue weighted by Gasteiger charge is -2.21. The third kappa shape index (κ3) is 6.07. The van der Waals surface area contributed by atoms with Crippen molar-refractivity contribution in [1.29, 1.82) is 0 Å². The molecule has 11 rings (SSSR count). The smallest absolute Gasteiger partial charge is 0.164 e. The first-order valence-electron chi connectivity index (χ1n) is 20.1. The summed E-state index contributed by atoms with van der Waals surface area (Å²) in [5.41, 5.74) is 12.0. The van der Waals surface area contributed by atoms with Crippen LogP contribution in [0.15, 0.2) is 182 Å². The molecular formula is C54H38N4O. The Morgan fingerprint density at radius 2 is 1.03 bits per heavy atom. The third-order valence-corrected chi connectivity index (χ3v) is 11.7. The highest BCUT2D eigenvalue weighted by atomic mass is 16.5. The molecule has 0 N–H and O–H groups in total. The monoisotopic (exact) mass is 758 g/mol. The second kappa shape index (κ2) is 14.4. The minimum Gasteiger partial charge on any atom is -0.494 e. The van der Waals surface area contributed by atoms with Gasteiger partial charge in [-0.1, -0.05) is 158 Å². The van der Waals surface area contributed by atoms with Crippen molar-refractivity contribution in [1.82, 2.24) is 19.5 Å². The Balaban J connectivity index is 1.09. The Hall–Kier alpha value is -7.63. The number of fused-ring (bicyclic) bond motifs is 5. The van der Waals surface area contributed by atoms with E-state index < -0.39 is 0 Å². The van der Waals surface area contributed by atoms with Crippen molar-refractivity contribution in [3.63, 3.8) is 0 Å². The number of para-hydroxylation sites is 2. The molecule has 59 heavy (non-hydrogen) atoms. The molecule has 0 amide bonds. The van der Waals surface area contributed by atoms with Crippen molar-refractivity contribution in [3.05, 3.63) is 199 Å². The van der Waals surface area contributed by atoms with Gasteiger partial charge in [0.1, 0.15) is 0 Å². The van der Waals surface area contributed by atoms with Crippen LogP contribution in [0.4, 0.5) is 0 Å². The van der Waals surface area contributed by atoms with Gasteiger partial charge in [-0.05, 0) is 81.4 Å². The highest BCUT2D eigenvalue weighted by Crippen LogP contribution is 2.44. The zero-order valence-corrected chi connectivity index (χ0v) is 32.5. The Morgan fingerprint density at radius 1 is 0.458 bits per heavy atom. The van der Waals surface area contributed by atoms with E-state index in [4.69, 9.17) is 19.7 Å². The van der Waals surface area contributed by atoms with Gasteiger partial charge in [0, 0.05) is 38.9 Å². The fraction of sp³-hybridized carbons (Fsp3) is 0.0556. The lowest BCUT2D eigenvalue weighted by molar-refractivity contribution is 0.414. The molecule has 2 heterocycles. The number of rotatable bonds is 7. The molecule has 0 saturated heterocycles. The normalized spacial score (nSPS) is 12.5. The van der Waals surface area contributed by atoms with Gasteiger partial charge in [0.15, 0.2) is 23.2 Å². The highest BCUT2D eigenvalue weighted by Gasteiger charge is 2.25. The fourth-order valence-electron chi connectivity index (χ4n) is 8.83. The summed E-state index contributed by atoms with van der Waals surface area (Å²) in [7, 11) is 1.77. The van der Waals surface area contributed by atoms with Crippen LogP contribution in [0.5, 0.6) is 5.75 Å². The quantitative estimate of drug-likeness (QED) is 0.162. The van der Waals surface area contributed by atoms with Gasteiger partial charge in [-0.25, -0.2) is 15.0 Å². The topological polar surface area (TPSA) is 52.8 Å². The van der Waals surface area contributed by atoms with Crippen molar-refractivity contribution < 1.29 is 4.74 Å². The maximum absolute atomic E-state index is 6.45. The molecule has 0 atom stereocenters. The Bertz CT molecular complexity index is 3170. The first kappa shape index (κ1) is 34.6. The predicted octanol–water partition coefficient (Wildman–Crippen LogP) is 13.3. The summed E-state index contributed by atoms with van der Waals surface area (Å²) >= 11 is 0. The molecule has 0 radical (unpaired) electrons. The Labute approximate surface area is 342 Å². The van der Waals surface area contributed by atoms with Gasteiger partial charge in [0.2, 0.25) is 0 Å². The predicted molar refractivity (Wildman–Crippen MR) is 243 cm³/mol. The highest BCUT2D eigenvalue weighted by molar-refractivity contribution is 6.00. The molecule has 0 saturated carbocycles. The first-order valence-corrected chi connectivity index (χ1v) is 20.1. The van der Waals surface area contributed by atoms with E-state index in [0.717, 1.165) is 68.4 Å². The maximum atomic E-state index is 6.45. The average molecular weight is 759 g/mol. The number of allylic oxidation sites excluding steroid dienone is 1. The molecular weight excluding hydrogens is 721 g/mol. The van der Waals surface area contributed by atoms with Crippen molar-refractivity contribution in [3.8, 4) is 56.7 Å². The van der Waals surface area contributed by atoms with Gasteiger partial charge in [0.05, 0.1) is 18.3 Å². The van der Waals surface area contributed by atoms with E-state index in [0.29, 0.717) is 17.5 Å². The van der Waals surface area contributed by atoms with Crippen molar-refractivity contribution in [2.24, 2.45) is 0 Å². The van der Waals surface area contributed by atoms with Crippen molar-refractivity contribution in [2.45, 2.75) is 12.8 Å². The van der Waals surface area contributed by atoms with Gasteiger partial charge in [-0.3, -0.25) is 0 Å². The van der Waals surface area contributed by atoms with Crippen LogP contribution >= 0.6 is 0 Å². The third-order valence-electron chi connectivity index (χ3n) is 11.7. The van der Waals surface area contributed by atoms with E-state index in [1.54, 1.807) is 7.11 Å². The van der Waals surface area contributed by atoms with Gasteiger partial charge in [0.25, 0.3) is 0 Å². The van der Waals surface area contributed by atoms with Crippen LogP contribution in [0.25, 0.3) is 95.1 Å². The number of nitrogens with zero attached hydrogens (tertiary/aromatic N) is 4. The molecule has 0 spiro atoms. The summed E-state index contributed by atoms with van der Waals surface area (Å²) in [6, 6.07) is 63.8. The van der Waals surface area contributed by atoms with Gasteiger partial charge in [-0.2, -0.15) is 0 Å². The number of methoxy groups -OCH3 is 1. The zero-order chi connectivity index (χ0) is 39.3. The number of hydrogen-bond donors (Lipinski definition) is 0. The number of hydrogen-bond acceptors (Lipinski definition) is 4. The molecule has 1 aliphatic carbocycles. The van der Waals surface area contributed by atoms with Crippen molar-refractivity contribution >= 4 is 44.1 Å². The minimum atomic E-state index is 0.594. The summed E-state index contributed by atoms with van der Waals surface area (Å²) in [5.74, 6) is 2.62. The van der Waals surface area contributed by atoms with Gasteiger partial charge >= 0.3 is 0 Å². The van der Waals surface area contributed by atoms with E-state index in [9.17, 15) is 0 Å². The van der Waals surface area contributed by atoms with Crippen LogP contribution in [-0.2, 0) is 6.42 Å². The number of ether oxygens (including phenoxy) is 1. The summed E-state index contributed by atoms with van der Waals surface area (Å²) in [6.45, 7) is 0. The summed E-state index contributed by atoms with van der Waals surface area (Å²) in [4.78, 5) is 15.6. The lowest BCUT2D eigenvalue weighted by Crippen LogP contribution is -2.07. The van der Waals surface area contributed by atoms with Crippen LogP contribution in [0, 0.1) is 0 Å². The fourth-order valence-corrected chi connectivity index (χ4v) is 8.83. The van der Waals surface area contributed by atoms with Crippen LogP contribution in [0.3, 0.4) is 0 Å². The Morgan fingerprint density at radius 3 is 1.73 bits per heavy atom. The molecule has 5 heteroatoms. The summed E-state index contributed by atoms with van der Waals surface area (Å²) < 4.78 is 8.86. The number of benzene rings is 8. The molecule has 8 aromatic carbocycles. The van der Waals surface area contributed by atoms with Crippen LogP contribution in [-0.4, -0.2) is 26.6 Å². The molecule has 0 aliphatic heterocycles. The average Bonchev–Trinajstić information content (AvgIpc) is 3.64. The van der Waals surface area contributed by atoms with Crippen LogP contribution < -0.4 is 4.74 Å².